The molecule has 0 saturated carbocycles. The van der Waals surface area contributed by atoms with Gasteiger partial charge in [0, 0.05) is 43.1 Å². The van der Waals surface area contributed by atoms with Crippen molar-refractivity contribution in [1.82, 2.24) is 29.6 Å². The van der Waals surface area contributed by atoms with Crippen LogP contribution < -0.4 is 0 Å². The van der Waals surface area contributed by atoms with E-state index in [-0.39, 0.29) is 11.9 Å². The van der Waals surface area contributed by atoms with Gasteiger partial charge in [-0.05, 0) is 12.8 Å². The lowest BCUT2D eigenvalue weighted by Crippen LogP contribution is -2.30. The topological polar surface area (TPSA) is 76.8 Å². The van der Waals surface area contributed by atoms with Crippen molar-refractivity contribution in [3.63, 3.8) is 0 Å². The van der Waals surface area contributed by atoms with E-state index in [4.69, 9.17) is 0 Å². The monoisotopic (exact) mass is 340 g/mol. The number of aryl methyl sites for hydroxylation is 1. The molecule has 24 heavy (non-hydrogen) atoms. The highest BCUT2D eigenvalue weighted by Crippen LogP contribution is 2.33. The van der Waals surface area contributed by atoms with Gasteiger partial charge in [0.25, 0.3) is 5.91 Å². The third-order valence-electron chi connectivity index (χ3n) is 4.13. The van der Waals surface area contributed by atoms with Crippen LogP contribution in [0.4, 0.5) is 0 Å². The summed E-state index contributed by atoms with van der Waals surface area (Å²) in [5, 5.41) is 6.73. The number of amides is 1. The number of rotatable bonds is 3. The summed E-state index contributed by atoms with van der Waals surface area (Å²) in [5.41, 5.74) is 2.23. The normalized spacial score (nSPS) is 17.4. The fourth-order valence-corrected chi connectivity index (χ4v) is 3.77. The Labute approximate surface area is 143 Å². The van der Waals surface area contributed by atoms with Gasteiger partial charge in [-0.2, -0.15) is 5.10 Å². The second-order valence-corrected chi connectivity index (χ2v) is 6.59. The molecule has 1 aliphatic heterocycles. The summed E-state index contributed by atoms with van der Waals surface area (Å²) in [6.45, 7) is 0.746. The first-order valence-electron chi connectivity index (χ1n) is 7.74. The van der Waals surface area contributed by atoms with Crippen LogP contribution in [0.2, 0.25) is 0 Å². The molecule has 0 radical (unpaired) electrons. The summed E-state index contributed by atoms with van der Waals surface area (Å²) in [6, 6.07) is 0.0767. The average molecular weight is 340 g/mol. The molecule has 8 heteroatoms. The molecule has 0 N–H and O–H groups in total. The van der Waals surface area contributed by atoms with Crippen molar-refractivity contribution in [3.8, 4) is 10.7 Å². The van der Waals surface area contributed by atoms with E-state index in [0.29, 0.717) is 16.4 Å². The summed E-state index contributed by atoms with van der Waals surface area (Å²) >= 11 is 1.41. The lowest BCUT2D eigenvalue weighted by Gasteiger charge is -2.22. The van der Waals surface area contributed by atoms with Crippen LogP contribution in [0.5, 0.6) is 0 Å². The minimum atomic E-state index is -0.0345. The second kappa shape index (κ2) is 6.12. The van der Waals surface area contributed by atoms with Crippen molar-refractivity contribution in [2.24, 2.45) is 7.05 Å². The molecule has 4 rings (SSSR count). The van der Waals surface area contributed by atoms with E-state index in [9.17, 15) is 4.79 Å². The van der Waals surface area contributed by atoms with Crippen LogP contribution in [-0.2, 0) is 7.05 Å². The number of carbonyl (C=O) groups excluding carboxylic acids is 1. The van der Waals surface area contributed by atoms with Gasteiger partial charge in [0.1, 0.15) is 16.4 Å². The quantitative estimate of drug-likeness (QED) is 0.731. The highest BCUT2D eigenvalue weighted by Gasteiger charge is 2.32. The smallest absolute Gasteiger partial charge is 0.273 e. The summed E-state index contributed by atoms with van der Waals surface area (Å²) < 4.78 is 1.77. The van der Waals surface area contributed by atoms with Gasteiger partial charge in [0.15, 0.2) is 0 Å². The summed E-state index contributed by atoms with van der Waals surface area (Å²) in [5.74, 6) is -0.0345. The van der Waals surface area contributed by atoms with Crippen LogP contribution in [0.15, 0.2) is 36.4 Å². The standard InChI is InChI=1S/C16H16N6OS/c1-21-9-11(7-19-21)14-3-2-6-22(14)16(23)13-10-24-15(20-13)12-8-17-4-5-18-12/h4-5,7-10,14H,2-3,6H2,1H3/t14-/m0/s1. The Bertz CT molecular complexity index is 858. The predicted octanol–water partition coefficient (Wildman–Crippen LogP) is 2.31. The van der Waals surface area contributed by atoms with Gasteiger partial charge in [-0.15, -0.1) is 11.3 Å². The molecule has 3 aromatic rings. The molecule has 0 spiro atoms. The highest BCUT2D eigenvalue weighted by atomic mass is 32.1. The number of hydrogen-bond acceptors (Lipinski definition) is 6. The van der Waals surface area contributed by atoms with Crippen molar-refractivity contribution in [3.05, 3.63) is 47.6 Å². The van der Waals surface area contributed by atoms with Gasteiger partial charge in [-0.3, -0.25) is 19.4 Å². The molecule has 1 fully saturated rings. The van der Waals surface area contributed by atoms with Gasteiger partial charge in [-0.1, -0.05) is 0 Å². The number of thiazole rings is 1. The first-order chi connectivity index (χ1) is 11.7. The number of hydrogen-bond donors (Lipinski definition) is 0. The van der Waals surface area contributed by atoms with E-state index in [1.54, 1.807) is 28.7 Å². The molecule has 0 unspecified atom stereocenters. The summed E-state index contributed by atoms with van der Waals surface area (Å²) in [7, 11) is 1.89. The van der Waals surface area contributed by atoms with Crippen molar-refractivity contribution in [2.45, 2.75) is 18.9 Å². The Morgan fingerprint density at radius 2 is 2.25 bits per heavy atom. The minimum Gasteiger partial charge on any atom is -0.330 e. The Balaban J connectivity index is 1.58. The molecular formula is C16H16N6OS. The Hall–Kier alpha value is -2.61. The highest BCUT2D eigenvalue weighted by molar-refractivity contribution is 7.13. The van der Waals surface area contributed by atoms with Crippen molar-refractivity contribution in [2.75, 3.05) is 6.54 Å². The van der Waals surface area contributed by atoms with Gasteiger partial charge in [0.2, 0.25) is 0 Å². The van der Waals surface area contributed by atoms with Crippen LogP contribution in [-0.4, -0.2) is 42.1 Å². The third kappa shape index (κ3) is 2.69. The average Bonchev–Trinajstić information content (AvgIpc) is 3.35. The number of nitrogens with zero attached hydrogens (tertiary/aromatic N) is 6. The Morgan fingerprint density at radius 3 is 3.00 bits per heavy atom. The van der Waals surface area contributed by atoms with Crippen LogP contribution in [0.1, 0.15) is 34.9 Å². The fraction of sp³-hybridized carbons (Fsp3) is 0.312. The zero-order chi connectivity index (χ0) is 16.5. The first-order valence-corrected chi connectivity index (χ1v) is 8.62. The van der Waals surface area contributed by atoms with Gasteiger partial charge in [-0.25, -0.2) is 4.98 Å². The zero-order valence-electron chi connectivity index (χ0n) is 13.2. The van der Waals surface area contributed by atoms with E-state index in [1.807, 2.05) is 24.3 Å². The van der Waals surface area contributed by atoms with Crippen LogP contribution >= 0.6 is 11.3 Å². The Morgan fingerprint density at radius 1 is 1.33 bits per heavy atom. The van der Waals surface area contributed by atoms with E-state index >= 15 is 0 Å². The van der Waals surface area contributed by atoms with Gasteiger partial charge >= 0.3 is 0 Å². The molecule has 1 aliphatic rings. The largest absolute Gasteiger partial charge is 0.330 e. The third-order valence-corrected chi connectivity index (χ3v) is 4.99. The molecule has 1 saturated heterocycles. The molecule has 7 nitrogen and oxygen atoms in total. The first kappa shape index (κ1) is 14.9. The predicted molar refractivity (Wildman–Crippen MR) is 89.4 cm³/mol. The van der Waals surface area contributed by atoms with Crippen LogP contribution in [0, 0.1) is 0 Å². The molecule has 1 amide bonds. The van der Waals surface area contributed by atoms with Crippen molar-refractivity contribution < 1.29 is 4.79 Å². The lowest BCUT2D eigenvalue weighted by atomic mass is 10.1. The maximum Gasteiger partial charge on any atom is 0.273 e. The van der Waals surface area contributed by atoms with E-state index in [2.05, 4.69) is 20.1 Å². The van der Waals surface area contributed by atoms with E-state index in [1.165, 1.54) is 11.3 Å². The summed E-state index contributed by atoms with van der Waals surface area (Å²) in [4.78, 5) is 27.5. The molecule has 0 bridgehead atoms. The fourth-order valence-electron chi connectivity index (χ4n) is 3.01. The molecule has 3 aromatic heterocycles. The Kier molecular flexibility index (Phi) is 3.81. The molecule has 0 aromatic carbocycles. The summed E-state index contributed by atoms with van der Waals surface area (Å²) in [6.07, 6.45) is 10.7. The maximum absolute atomic E-state index is 12.9. The zero-order valence-corrected chi connectivity index (χ0v) is 14.0. The maximum atomic E-state index is 12.9. The van der Waals surface area contributed by atoms with Crippen LogP contribution in [0.25, 0.3) is 10.7 Å². The molecule has 1 atom stereocenters. The number of aromatic nitrogens is 5. The van der Waals surface area contributed by atoms with Gasteiger partial charge < -0.3 is 4.90 Å². The molecule has 4 heterocycles. The minimum absolute atomic E-state index is 0.0345. The number of carbonyl (C=O) groups is 1. The van der Waals surface area contributed by atoms with E-state index < -0.39 is 0 Å². The molecular weight excluding hydrogens is 324 g/mol. The lowest BCUT2D eigenvalue weighted by molar-refractivity contribution is 0.0730. The molecule has 0 aliphatic carbocycles. The molecule has 122 valence electrons. The second-order valence-electron chi connectivity index (χ2n) is 5.73. The van der Waals surface area contributed by atoms with Crippen molar-refractivity contribution >= 4 is 17.2 Å². The van der Waals surface area contributed by atoms with Crippen LogP contribution in [0.3, 0.4) is 0 Å². The van der Waals surface area contributed by atoms with Crippen molar-refractivity contribution in [1.29, 1.82) is 0 Å². The number of likely N-dealkylation sites (tertiary alicyclic amines) is 1. The van der Waals surface area contributed by atoms with Gasteiger partial charge in [0.05, 0.1) is 18.4 Å². The van der Waals surface area contributed by atoms with E-state index in [0.717, 1.165) is 24.9 Å². The SMILES string of the molecule is Cn1cc([C@@H]2CCCN2C(=O)c2csc(-c3cnccn3)n2)cn1.